The van der Waals surface area contributed by atoms with Crippen LogP contribution >= 0.6 is 24.0 Å². The second kappa shape index (κ2) is 12.6. The molecule has 5 nitrogen and oxygen atoms in total. The summed E-state index contributed by atoms with van der Waals surface area (Å²) in [5.74, 6) is 0.00325. The van der Waals surface area contributed by atoms with E-state index in [1.807, 2.05) is 30.3 Å². The number of hydrogen-bond donors (Lipinski definition) is 1. The molecule has 1 amide bonds. The van der Waals surface area contributed by atoms with E-state index in [-0.39, 0.29) is 12.3 Å². The summed E-state index contributed by atoms with van der Waals surface area (Å²) in [6, 6.07) is 7.62. The smallest absolute Gasteiger partial charge is 0.303 e. The first kappa shape index (κ1) is 23.4. The summed E-state index contributed by atoms with van der Waals surface area (Å²) in [4.78, 5) is 25.5. The lowest BCUT2D eigenvalue weighted by Crippen LogP contribution is -2.29. The predicted octanol–water partition coefficient (Wildman–Crippen LogP) is 5.49. The number of carbonyl (C=O) groups excluding carboxylic acids is 1. The summed E-state index contributed by atoms with van der Waals surface area (Å²) < 4.78 is 5.97. The van der Waals surface area contributed by atoms with Gasteiger partial charge in [-0.25, -0.2) is 0 Å². The highest BCUT2D eigenvalue weighted by atomic mass is 32.2. The largest absolute Gasteiger partial charge is 0.496 e. The Bertz CT molecular complexity index is 748. The normalized spacial score (nSPS) is 15.3. The van der Waals surface area contributed by atoms with Gasteiger partial charge in [0, 0.05) is 18.5 Å². The van der Waals surface area contributed by atoms with Crippen LogP contribution < -0.4 is 4.74 Å². The zero-order valence-electron chi connectivity index (χ0n) is 16.9. The fourth-order valence-corrected chi connectivity index (χ4v) is 4.53. The van der Waals surface area contributed by atoms with Crippen LogP contribution in [0, 0.1) is 0 Å². The molecule has 0 unspecified atom stereocenters. The number of hydrogen-bond acceptors (Lipinski definition) is 5. The number of aliphatic carboxylic acids is 1. The highest BCUT2D eigenvalue weighted by Gasteiger charge is 2.31. The topological polar surface area (TPSA) is 66.8 Å². The van der Waals surface area contributed by atoms with Crippen molar-refractivity contribution in [1.29, 1.82) is 0 Å². The molecule has 1 fully saturated rings. The Labute approximate surface area is 182 Å². The van der Waals surface area contributed by atoms with Crippen molar-refractivity contribution in [3.05, 3.63) is 34.7 Å². The first-order valence-corrected chi connectivity index (χ1v) is 11.4. The maximum Gasteiger partial charge on any atom is 0.303 e. The number of thiocarbonyl (C=S) groups is 1. The fraction of sp³-hybridized carbons (Fsp3) is 0.500. The monoisotopic (exact) mass is 435 g/mol. The summed E-state index contributed by atoms with van der Waals surface area (Å²) in [6.07, 6.45) is 10.4. The van der Waals surface area contributed by atoms with E-state index >= 15 is 0 Å². The van der Waals surface area contributed by atoms with Crippen molar-refractivity contribution in [1.82, 2.24) is 4.90 Å². The van der Waals surface area contributed by atoms with E-state index in [0.29, 0.717) is 15.8 Å². The van der Waals surface area contributed by atoms with Crippen molar-refractivity contribution in [2.45, 2.75) is 57.8 Å². The Morgan fingerprint density at radius 2 is 1.72 bits per heavy atom. The third kappa shape index (κ3) is 7.82. The molecule has 1 aromatic carbocycles. The summed E-state index contributed by atoms with van der Waals surface area (Å²) in [6.45, 7) is 0.659. The van der Waals surface area contributed by atoms with Crippen molar-refractivity contribution >= 4 is 46.3 Å². The quantitative estimate of drug-likeness (QED) is 0.251. The number of methoxy groups -OCH3 is 1. The van der Waals surface area contributed by atoms with Crippen LogP contribution in [0.3, 0.4) is 0 Å². The third-order valence-corrected chi connectivity index (χ3v) is 6.20. The van der Waals surface area contributed by atoms with Crippen LogP contribution in [-0.4, -0.2) is 39.9 Å². The van der Waals surface area contributed by atoms with Crippen molar-refractivity contribution < 1.29 is 19.4 Å². The lowest BCUT2D eigenvalue weighted by atomic mass is 10.1. The van der Waals surface area contributed by atoms with Crippen molar-refractivity contribution in [3.63, 3.8) is 0 Å². The van der Waals surface area contributed by atoms with Crippen molar-refractivity contribution in [2.24, 2.45) is 0 Å². The molecule has 1 N–H and O–H groups in total. The van der Waals surface area contributed by atoms with Crippen LogP contribution in [-0.2, 0) is 9.59 Å². The molecule has 7 heteroatoms. The van der Waals surface area contributed by atoms with Crippen LogP contribution in [0.15, 0.2) is 29.2 Å². The molecule has 0 atom stereocenters. The van der Waals surface area contributed by atoms with Gasteiger partial charge in [-0.05, 0) is 25.0 Å². The molecule has 1 aromatic rings. The average molecular weight is 436 g/mol. The molecule has 1 aliphatic heterocycles. The second-order valence-corrected chi connectivity index (χ2v) is 8.72. The Balaban J connectivity index is 1.69. The van der Waals surface area contributed by atoms with Gasteiger partial charge in [0.05, 0.1) is 12.0 Å². The molecular weight excluding hydrogens is 406 g/mol. The van der Waals surface area contributed by atoms with Crippen LogP contribution in [0.4, 0.5) is 0 Å². The molecule has 1 saturated heterocycles. The van der Waals surface area contributed by atoms with Gasteiger partial charge in [-0.3, -0.25) is 14.5 Å². The Kier molecular flexibility index (Phi) is 10.2. The highest BCUT2D eigenvalue weighted by molar-refractivity contribution is 8.26. The average Bonchev–Trinajstić information content (AvgIpc) is 2.96. The zero-order chi connectivity index (χ0) is 21.1. The number of nitrogens with zero attached hydrogens (tertiary/aromatic N) is 1. The van der Waals surface area contributed by atoms with E-state index < -0.39 is 5.97 Å². The summed E-state index contributed by atoms with van der Waals surface area (Å²) in [7, 11) is 1.62. The van der Waals surface area contributed by atoms with Gasteiger partial charge < -0.3 is 9.84 Å². The summed E-state index contributed by atoms with van der Waals surface area (Å²) in [5.41, 5.74) is 0.874. The van der Waals surface area contributed by atoms with E-state index in [4.69, 9.17) is 22.1 Å². The molecule has 1 heterocycles. The Morgan fingerprint density at radius 3 is 2.38 bits per heavy atom. The van der Waals surface area contributed by atoms with Gasteiger partial charge >= 0.3 is 5.97 Å². The summed E-state index contributed by atoms with van der Waals surface area (Å²) in [5, 5.41) is 8.61. The lowest BCUT2D eigenvalue weighted by molar-refractivity contribution is -0.137. The Morgan fingerprint density at radius 1 is 1.10 bits per heavy atom. The van der Waals surface area contributed by atoms with Gasteiger partial charge in [-0.2, -0.15) is 0 Å². The molecule has 158 valence electrons. The second-order valence-electron chi connectivity index (χ2n) is 7.05. The molecule has 29 heavy (non-hydrogen) atoms. The van der Waals surface area contributed by atoms with Crippen molar-refractivity contribution in [3.8, 4) is 5.75 Å². The predicted molar refractivity (Wildman–Crippen MR) is 122 cm³/mol. The molecule has 0 aliphatic carbocycles. The van der Waals surface area contributed by atoms with E-state index in [9.17, 15) is 9.59 Å². The molecule has 0 aromatic heterocycles. The molecule has 1 aliphatic rings. The molecule has 0 saturated carbocycles. The number of unbranched alkanes of at least 4 members (excludes halogenated alkanes) is 7. The van der Waals surface area contributed by atoms with Gasteiger partial charge in [-0.15, -0.1) is 0 Å². The van der Waals surface area contributed by atoms with Crippen LogP contribution in [0.25, 0.3) is 6.08 Å². The minimum absolute atomic E-state index is 0.0238. The first-order valence-electron chi connectivity index (χ1n) is 10.1. The minimum atomic E-state index is -0.710. The third-order valence-electron chi connectivity index (χ3n) is 4.82. The fourth-order valence-electron chi connectivity index (χ4n) is 3.23. The van der Waals surface area contributed by atoms with E-state index in [0.717, 1.165) is 62.7 Å². The number of amides is 1. The van der Waals surface area contributed by atoms with Gasteiger partial charge in [0.15, 0.2) is 0 Å². The SMILES string of the molecule is COc1ccccc1/C=C1\SC(=S)N(CCCCCCCCCCC(=O)O)C1=O. The van der Waals surface area contributed by atoms with Gasteiger partial charge in [0.25, 0.3) is 5.91 Å². The van der Waals surface area contributed by atoms with E-state index in [1.165, 1.54) is 11.8 Å². The minimum Gasteiger partial charge on any atom is -0.496 e. The molecular formula is C22H29NO4S2. The standard InChI is InChI=1S/C22H29NO4S2/c1-27-18-13-10-9-12-17(18)16-19-21(26)23(22(28)29-19)15-11-7-5-3-2-4-6-8-14-20(24)25/h9-10,12-13,16H,2-8,11,14-15H2,1H3,(H,24,25)/b19-16-. The molecule has 2 rings (SSSR count). The van der Waals surface area contributed by atoms with Gasteiger partial charge in [0.1, 0.15) is 10.1 Å². The number of para-hydroxylation sites is 1. The first-order chi connectivity index (χ1) is 14.0. The molecule has 0 bridgehead atoms. The number of benzene rings is 1. The number of thioether (sulfide) groups is 1. The van der Waals surface area contributed by atoms with E-state index in [1.54, 1.807) is 12.0 Å². The highest BCUT2D eigenvalue weighted by Crippen LogP contribution is 2.34. The van der Waals surface area contributed by atoms with Gasteiger partial charge in [0.2, 0.25) is 0 Å². The van der Waals surface area contributed by atoms with Crippen LogP contribution in [0.5, 0.6) is 5.75 Å². The molecule has 0 spiro atoms. The van der Waals surface area contributed by atoms with Crippen LogP contribution in [0.1, 0.15) is 63.4 Å². The Hall–Kier alpha value is -1.86. The van der Waals surface area contributed by atoms with Gasteiger partial charge in [-0.1, -0.05) is 80.7 Å². The zero-order valence-corrected chi connectivity index (χ0v) is 18.5. The summed E-state index contributed by atoms with van der Waals surface area (Å²) >= 11 is 6.75. The van der Waals surface area contributed by atoms with Crippen LogP contribution in [0.2, 0.25) is 0 Å². The number of carbonyl (C=O) groups is 2. The van der Waals surface area contributed by atoms with E-state index in [2.05, 4.69) is 0 Å². The maximum absolute atomic E-state index is 12.7. The number of rotatable bonds is 13. The molecule has 0 radical (unpaired) electrons. The lowest BCUT2D eigenvalue weighted by Gasteiger charge is -2.14. The maximum atomic E-state index is 12.7. The number of carboxylic acid groups (broad SMARTS) is 1. The van der Waals surface area contributed by atoms with Crippen molar-refractivity contribution in [2.75, 3.05) is 13.7 Å². The number of ether oxygens (including phenoxy) is 1. The number of carboxylic acids is 1.